The highest BCUT2D eigenvalue weighted by molar-refractivity contribution is 5.93. The van der Waals surface area contributed by atoms with E-state index in [9.17, 15) is 4.79 Å². The van der Waals surface area contributed by atoms with Gasteiger partial charge in [-0.25, -0.2) is 5.84 Å². The van der Waals surface area contributed by atoms with Gasteiger partial charge in [0.05, 0.1) is 0 Å². The highest BCUT2D eigenvalue weighted by Crippen LogP contribution is 2.33. The number of nitrogens with one attached hydrogen (secondary N) is 1. The molecule has 0 aromatic heterocycles. The number of fused-ring (bicyclic) bond motifs is 3. The normalized spacial score (nSPS) is 29.2. The van der Waals surface area contributed by atoms with Crippen LogP contribution in [0.25, 0.3) is 0 Å². The van der Waals surface area contributed by atoms with E-state index < -0.39 is 0 Å². The molecule has 3 saturated heterocycles. The van der Waals surface area contributed by atoms with Crippen molar-refractivity contribution in [2.75, 3.05) is 13.1 Å². The zero-order chi connectivity index (χ0) is 13.2. The minimum absolute atomic E-state index is 0.230. The number of carbonyl (C=O) groups is 1. The highest BCUT2D eigenvalue weighted by atomic mass is 16.2. The van der Waals surface area contributed by atoms with Gasteiger partial charge in [0.2, 0.25) is 0 Å². The van der Waals surface area contributed by atoms with Gasteiger partial charge >= 0.3 is 0 Å². The molecule has 0 saturated carbocycles. The average molecular weight is 259 g/mol. The quantitative estimate of drug-likeness (QED) is 0.489. The van der Waals surface area contributed by atoms with E-state index in [4.69, 9.17) is 5.84 Å². The van der Waals surface area contributed by atoms with Crippen LogP contribution < -0.4 is 11.3 Å². The molecule has 4 heteroatoms. The third kappa shape index (κ3) is 2.65. The van der Waals surface area contributed by atoms with Crippen molar-refractivity contribution in [3.05, 3.63) is 35.4 Å². The maximum absolute atomic E-state index is 11.4. The lowest BCUT2D eigenvalue weighted by Gasteiger charge is -2.45. The minimum Gasteiger partial charge on any atom is -0.300 e. The first-order valence-corrected chi connectivity index (χ1v) is 7.10. The molecule has 19 heavy (non-hydrogen) atoms. The third-order valence-corrected chi connectivity index (χ3v) is 4.59. The summed E-state index contributed by atoms with van der Waals surface area (Å²) in [6.07, 6.45) is 5.20. The molecule has 4 rings (SSSR count). The van der Waals surface area contributed by atoms with Gasteiger partial charge in [-0.2, -0.15) is 0 Å². The van der Waals surface area contributed by atoms with Crippen LogP contribution in [-0.2, 0) is 6.42 Å². The molecule has 4 nitrogen and oxygen atoms in total. The van der Waals surface area contributed by atoms with Crippen molar-refractivity contribution in [2.45, 2.75) is 31.7 Å². The van der Waals surface area contributed by atoms with Crippen LogP contribution in [0.5, 0.6) is 0 Å². The van der Waals surface area contributed by atoms with Crippen molar-refractivity contribution in [1.82, 2.24) is 10.3 Å². The van der Waals surface area contributed by atoms with Crippen LogP contribution in [0.4, 0.5) is 0 Å². The number of benzene rings is 1. The summed E-state index contributed by atoms with van der Waals surface area (Å²) < 4.78 is 0. The number of carbonyl (C=O) groups excluding carboxylic acids is 1. The van der Waals surface area contributed by atoms with E-state index in [2.05, 4.69) is 10.3 Å². The van der Waals surface area contributed by atoms with E-state index in [0.29, 0.717) is 11.6 Å². The Kier molecular flexibility index (Phi) is 3.53. The molecule has 0 spiro atoms. The molecule has 102 valence electrons. The Morgan fingerprint density at radius 3 is 2.47 bits per heavy atom. The summed E-state index contributed by atoms with van der Waals surface area (Å²) in [5, 5.41) is 0. The molecule has 0 aliphatic carbocycles. The number of hydrazine groups is 1. The fraction of sp³-hybridized carbons (Fsp3) is 0.533. The third-order valence-electron chi connectivity index (χ3n) is 4.59. The summed E-state index contributed by atoms with van der Waals surface area (Å²) >= 11 is 0. The van der Waals surface area contributed by atoms with Gasteiger partial charge in [0, 0.05) is 11.6 Å². The van der Waals surface area contributed by atoms with Gasteiger partial charge in [-0.05, 0) is 62.4 Å². The topological polar surface area (TPSA) is 58.4 Å². The van der Waals surface area contributed by atoms with Crippen molar-refractivity contribution in [2.24, 2.45) is 11.8 Å². The predicted octanol–water partition coefficient (Wildman–Crippen LogP) is 1.32. The number of piperidine rings is 3. The van der Waals surface area contributed by atoms with Gasteiger partial charge in [0.25, 0.3) is 5.91 Å². The summed E-state index contributed by atoms with van der Waals surface area (Å²) in [5.41, 5.74) is 4.09. The second kappa shape index (κ2) is 5.31. The monoisotopic (exact) mass is 259 g/mol. The lowest BCUT2D eigenvalue weighted by molar-refractivity contribution is 0.0498. The van der Waals surface area contributed by atoms with Crippen LogP contribution in [-0.4, -0.2) is 29.9 Å². The van der Waals surface area contributed by atoms with E-state index in [1.165, 1.54) is 37.9 Å². The molecule has 0 radical (unpaired) electrons. The predicted molar refractivity (Wildman–Crippen MR) is 74.5 cm³/mol. The van der Waals surface area contributed by atoms with Gasteiger partial charge in [-0.1, -0.05) is 12.1 Å². The molecule has 3 heterocycles. The molecular formula is C15H21N3O. The van der Waals surface area contributed by atoms with Crippen LogP contribution in [0.2, 0.25) is 0 Å². The number of hydrogen-bond donors (Lipinski definition) is 2. The largest absolute Gasteiger partial charge is 0.300 e. The van der Waals surface area contributed by atoms with Crippen LogP contribution >= 0.6 is 0 Å². The van der Waals surface area contributed by atoms with Crippen LogP contribution in [0.3, 0.4) is 0 Å². The molecule has 3 aliphatic heterocycles. The Bertz CT molecular complexity index is 449. The van der Waals surface area contributed by atoms with E-state index >= 15 is 0 Å². The molecule has 3 N–H and O–H groups in total. The second-order valence-corrected chi connectivity index (χ2v) is 5.74. The molecule has 1 aromatic carbocycles. The first-order chi connectivity index (χ1) is 9.26. The molecule has 1 aromatic rings. The van der Waals surface area contributed by atoms with Gasteiger partial charge in [0.1, 0.15) is 0 Å². The maximum Gasteiger partial charge on any atom is 0.265 e. The summed E-state index contributed by atoms with van der Waals surface area (Å²) in [4.78, 5) is 14.0. The summed E-state index contributed by atoms with van der Waals surface area (Å²) in [5.74, 6) is 5.84. The van der Waals surface area contributed by atoms with Crippen molar-refractivity contribution in [3.8, 4) is 0 Å². The zero-order valence-corrected chi connectivity index (χ0v) is 11.1. The Morgan fingerprint density at radius 2 is 1.95 bits per heavy atom. The Hall–Kier alpha value is -1.39. The molecule has 1 unspecified atom stereocenters. The summed E-state index contributed by atoms with van der Waals surface area (Å²) in [6.45, 7) is 2.53. The zero-order valence-electron chi connectivity index (χ0n) is 11.1. The lowest BCUT2D eigenvalue weighted by Crippen LogP contribution is -2.49. The van der Waals surface area contributed by atoms with Gasteiger partial charge in [-0.15, -0.1) is 0 Å². The van der Waals surface area contributed by atoms with E-state index in [0.717, 1.165) is 12.3 Å². The number of nitrogen functional groups attached to an aromatic ring is 1. The van der Waals surface area contributed by atoms with Crippen molar-refractivity contribution < 1.29 is 4.79 Å². The number of nitrogens with zero attached hydrogens (tertiary/aromatic N) is 1. The minimum atomic E-state index is -0.230. The summed E-state index contributed by atoms with van der Waals surface area (Å²) in [7, 11) is 0. The number of amides is 1. The number of nitrogens with two attached hydrogens (primary N) is 1. The first kappa shape index (κ1) is 12.6. The molecular weight excluding hydrogens is 238 g/mol. The van der Waals surface area contributed by atoms with Crippen LogP contribution in [0.15, 0.2) is 24.3 Å². The molecule has 2 bridgehead atoms. The van der Waals surface area contributed by atoms with Gasteiger partial charge in [0.15, 0.2) is 0 Å². The molecule has 3 aliphatic rings. The fourth-order valence-electron chi connectivity index (χ4n) is 3.45. The Labute approximate surface area is 113 Å². The van der Waals surface area contributed by atoms with E-state index in [1.54, 1.807) is 0 Å². The Morgan fingerprint density at radius 1 is 1.26 bits per heavy atom. The summed E-state index contributed by atoms with van der Waals surface area (Å²) in [6, 6.07) is 8.51. The average Bonchev–Trinajstić information content (AvgIpc) is 2.48. The first-order valence-electron chi connectivity index (χ1n) is 7.10. The molecule has 3 fully saturated rings. The van der Waals surface area contributed by atoms with E-state index in [-0.39, 0.29) is 5.91 Å². The standard InChI is InChI=1S/C15H21N3O/c16-17-15(19)13-3-1-11(2-4-13)9-14-10-12-5-7-18(14)8-6-12/h1-4,12,14H,5-10,16H2,(H,17,19). The van der Waals surface area contributed by atoms with Gasteiger partial charge < -0.3 is 4.90 Å². The van der Waals surface area contributed by atoms with Crippen molar-refractivity contribution in [1.29, 1.82) is 0 Å². The van der Waals surface area contributed by atoms with Crippen LogP contribution in [0, 0.1) is 5.92 Å². The van der Waals surface area contributed by atoms with Crippen LogP contribution in [0.1, 0.15) is 35.2 Å². The number of hydrogen-bond acceptors (Lipinski definition) is 3. The Balaban J connectivity index is 1.65. The number of rotatable bonds is 3. The van der Waals surface area contributed by atoms with Crippen molar-refractivity contribution >= 4 is 5.91 Å². The highest BCUT2D eigenvalue weighted by Gasteiger charge is 2.33. The van der Waals surface area contributed by atoms with Gasteiger partial charge in [-0.3, -0.25) is 10.2 Å². The SMILES string of the molecule is NNC(=O)c1ccc(CC2CC3CCN2CC3)cc1. The maximum atomic E-state index is 11.4. The molecule has 1 atom stereocenters. The fourth-order valence-corrected chi connectivity index (χ4v) is 3.45. The van der Waals surface area contributed by atoms with E-state index in [1.807, 2.05) is 24.3 Å². The van der Waals surface area contributed by atoms with Crippen molar-refractivity contribution in [3.63, 3.8) is 0 Å². The molecule has 1 amide bonds. The smallest absolute Gasteiger partial charge is 0.265 e. The lowest BCUT2D eigenvalue weighted by atomic mass is 9.81. The second-order valence-electron chi connectivity index (χ2n) is 5.74.